The number of esters is 4. The van der Waals surface area contributed by atoms with Crippen LogP contribution in [0.25, 0.3) is 0 Å². The molecule has 0 aromatic heterocycles. The standard InChI is InChI=1S/C25H41NO10/c1-5-31-20(27)11-16(24(29)33-7-3)9-10-17-14-35-23-18(15-36-22(17)23)13-26-19(25(30)34-8-4)12-21(28)32-6-2/h16-19,22-23,26H,5-15H2,1-4H3. The summed E-state index contributed by atoms with van der Waals surface area (Å²) >= 11 is 0. The van der Waals surface area contributed by atoms with Crippen LogP contribution in [0, 0.1) is 17.8 Å². The molecule has 0 bridgehead atoms. The molecule has 2 heterocycles. The molecular weight excluding hydrogens is 474 g/mol. The highest BCUT2D eigenvalue weighted by atomic mass is 16.6. The molecule has 2 aliphatic rings. The van der Waals surface area contributed by atoms with Crippen molar-refractivity contribution in [3.8, 4) is 0 Å². The van der Waals surface area contributed by atoms with Gasteiger partial charge in [0.15, 0.2) is 0 Å². The van der Waals surface area contributed by atoms with Crippen LogP contribution in [0.3, 0.4) is 0 Å². The molecule has 0 radical (unpaired) electrons. The fourth-order valence-corrected chi connectivity index (χ4v) is 4.64. The molecule has 1 N–H and O–H groups in total. The summed E-state index contributed by atoms with van der Waals surface area (Å²) < 4.78 is 32.3. The average molecular weight is 516 g/mol. The Morgan fingerprint density at radius 1 is 0.750 bits per heavy atom. The molecule has 0 saturated carbocycles. The summed E-state index contributed by atoms with van der Waals surface area (Å²) in [5.74, 6) is -2.31. The Balaban J connectivity index is 1.90. The van der Waals surface area contributed by atoms with Gasteiger partial charge >= 0.3 is 23.9 Å². The smallest absolute Gasteiger partial charge is 0.323 e. The molecule has 11 heteroatoms. The zero-order valence-electron chi connectivity index (χ0n) is 21.8. The van der Waals surface area contributed by atoms with Crippen LogP contribution in [0.4, 0.5) is 0 Å². The van der Waals surface area contributed by atoms with E-state index >= 15 is 0 Å². The van der Waals surface area contributed by atoms with Crippen molar-refractivity contribution < 1.29 is 47.6 Å². The maximum absolute atomic E-state index is 12.4. The van der Waals surface area contributed by atoms with E-state index in [1.54, 1.807) is 27.7 Å². The highest BCUT2D eigenvalue weighted by molar-refractivity contribution is 5.82. The van der Waals surface area contributed by atoms with Crippen molar-refractivity contribution in [3.05, 3.63) is 0 Å². The number of nitrogens with one attached hydrogen (secondary N) is 1. The van der Waals surface area contributed by atoms with E-state index in [2.05, 4.69) is 5.32 Å². The summed E-state index contributed by atoms with van der Waals surface area (Å²) in [5.41, 5.74) is 0. The molecule has 2 aliphatic heterocycles. The molecule has 11 nitrogen and oxygen atoms in total. The lowest BCUT2D eigenvalue weighted by Gasteiger charge is -2.21. The van der Waals surface area contributed by atoms with Gasteiger partial charge in [0.2, 0.25) is 0 Å². The van der Waals surface area contributed by atoms with E-state index in [-0.39, 0.29) is 63.3 Å². The van der Waals surface area contributed by atoms with Crippen LogP contribution >= 0.6 is 0 Å². The van der Waals surface area contributed by atoms with Gasteiger partial charge in [-0.2, -0.15) is 0 Å². The van der Waals surface area contributed by atoms with E-state index in [1.807, 2.05) is 0 Å². The van der Waals surface area contributed by atoms with Crippen LogP contribution in [-0.2, 0) is 47.6 Å². The van der Waals surface area contributed by atoms with Gasteiger partial charge in [-0.25, -0.2) is 0 Å². The minimum Gasteiger partial charge on any atom is -0.466 e. The molecule has 6 unspecified atom stereocenters. The molecule has 206 valence electrons. The van der Waals surface area contributed by atoms with Crippen molar-refractivity contribution in [2.45, 2.75) is 71.6 Å². The van der Waals surface area contributed by atoms with Gasteiger partial charge in [-0.3, -0.25) is 19.2 Å². The Kier molecular flexibility index (Phi) is 13.1. The van der Waals surface area contributed by atoms with Crippen molar-refractivity contribution in [1.29, 1.82) is 0 Å². The van der Waals surface area contributed by atoms with E-state index in [9.17, 15) is 19.2 Å². The second-order valence-corrected chi connectivity index (χ2v) is 8.87. The maximum atomic E-state index is 12.4. The fourth-order valence-electron chi connectivity index (χ4n) is 4.64. The molecule has 2 saturated heterocycles. The van der Waals surface area contributed by atoms with Crippen LogP contribution in [0.15, 0.2) is 0 Å². The van der Waals surface area contributed by atoms with Crippen LogP contribution in [0.1, 0.15) is 53.4 Å². The van der Waals surface area contributed by atoms with Gasteiger partial charge in [-0.1, -0.05) is 0 Å². The first-order valence-corrected chi connectivity index (χ1v) is 12.9. The van der Waals surface area contributed by atoms with Gasteiger partial charge in [0.25, 0.3) is 0 Å². The van der Waals surface area contributed by atoms with Crippen molar-refractivity contribution >= 4 is 23.9 Å². The van der Waals surface area contributed by atoms with Crippen LogP contribution in [0.2, 0.25) is 0 Å². The minimum atomic E-state index is -0.812. The van der Waals surface area contributed by atoms with E-state index in [1.165, 1.54) is 0 Å². The summed E-state index contributed by atoms with van der Waals surface area (Å²) in [7, 11) is 0. The van der Waals surface area contributed by atoms with E-state index in [0.717, 1.165) is 0 Å². The molecule has 6 atom stereocenters. The first kappa shape index (κ1) is 30.0. The Morgan fingerprint density at radius 2 is 1.28 bits per heavy atom. The number of ether oxygens (including phenoxy) is 6. The highest BCUT2D eigenvalue weighted by Crippen LogP contribution is 2.37. The number of hydrogen-bond donors (Lipinski definition) is 1. The third-order valence-electron chi connectivity index (χ3n) is 6.36. The zero-order chi connectivity index (χ0) is 26.5. The number of carbonyl (C=O) groups is 4. The molecule has 2 fully saturated rings. The summed E-state index contributed by atoms with van der Waals surface area (Å²) in [6.07, 6.45) is 0.655. The first-order chi connectivity index (χ1) is 17.3. The first-order valence-electron chi connectivity index (χ1n) is 12.9. The van der Waals surface area contributed by atoms with Gasteiger partial charge in [0.05, 0.1) is 70.6 Å². The Morgan fingerprint density at radius 3 is 1.89 bits per heavy atom. The maximum Gasteiger partial charge on any atom is 0.323 e. The molecule has 0 spiro atoms. The molecule has 0 aromatic rings. The van der Waals surface area contributed by atoms with E-state index in [4.69, 9.17) is 28.4 Å². The summed E-state index contributed by atoms with van der Waals surface area (Å²) in [6, 6.07) is -0.812. The quantitative estimate of drug-likeness (QED) is 0.236. The average Bonchev–Trinajstić information content (AvgIpc) is 3.42. The predicted molar refractivity (Wildman–Crippen MR) is 127 cm³/mol. The third kappa shape index (κ3) is 9.01. The van der Waals surface area contributed by atoms with Crippen molar-refractivity contribution in [2.75, 3.05) is 46.2 Å². The van der Waals surface area contributed by atoms with Crippen molar-refractivity contribution in [1.82, 2.24) is 5.32 Å². The lowest BCUT2D eigenvalue weighted by Crippen LogP contribution is -2.44. The highest BCUT2D eigenvalue weighted by Gasteiger charge is 2.47. The van der Waals surface area contributed by atoms with Gasteiger partial charge in [-0.05, 0) is 40.5 Å². The predicted octanol–water partition coefficient (Wildman–Crippen LogP) is 1.40. The molecule has 0 aliphatic carbocycles. The summed E-state index contributed by atoms with van der Waals surface area (Å²) in [6.45, 7) is 9.15. The SMILES string of the molecule is CCOC(=O)CC(CCC1COC2C(CNC(CC(=O)OCC)C(=O)OCC)COC12)C(=O)OCC. The van der Waals surface area contributed by atoms with Gasteiger partial charge in [0, 0.05) is 18.4 Å². The second-order valence-electron chi connectivity index (χ2n) is 8.87. The van der Waals surface area contributed by atoms with Gasteiger partial charge in [0.1, 0.15) is 6.04 Å². The molecule has 2 rings (SSSR count). The second kappa shape index (κ2) is 15.8. The van der Waals surface area contributed by atoms with E-state index < -0.39 is 35.8 Å². The Bertz CT molecular complexity index is 670. The summed E-state index contributed by atoms with van der Waals surface area (Å²) in [5, 5.41) is 3.13. The van der Waals surface area contributed by atoms with Crippen LogP contribution in [0.5, 0.6) is 0 Å². The molecule has 0 aromatic carbocycles. The minimum absolute atomic E-state index is 0.0143. The third-order valence-corrected chi connectivity index (χ3v) is 6.36. The normalized spacial score (nSPS) is 24.4. The molecule has 0 amide bonds. The van der Waals surface area contributed by atoms with Crippen LogP contribution < -0.4 is 5.32 Å². The Labute approximate surface area is 212 Å². The molecular formula is C25H41NO10. The number of rotatable bonds is 16. The van der Waals surface area contributed by atoms with E-state index in [0.29, 0.717) is 32.6 Å². The lowest BCUT2D eigenvalue weighted by molar-refractivity contribution is -0.155. The number of hydrogen-bond acceptors (Lipinski definition) is 11. The Hall–Kier alpha value is -2.24. The van der Waals surface area contributed by atoms with Gasteiger partial charge in [-0.15, -0.1) is 0 Å². The summed E-state index contributed by atoms with van der Waals surface area (Å²) in [4.78, 5) is 48.6. The van der Waals surface area contributed by atoms with Crippen molar-refractivity contribution in [2.24, 2.45) is 17.8 Å². The number of fused-ring (bicyclic) bond motifs is 1. The number of carbonyl (C=O) groups excluding carboxylic acids is 4. The van der Waals surface area contributed by atoms with Gasteiger partial charge < -0.3 is 33.7 Å². The monoisotopic (exact) mass is 515 g/mol. The van der Waals surface area contributed by atoms with Crippen LogP contribution in [-0.4, -0.2) is 88.3 Å². The zero-order valence-corrected chi connectivity index (χ0v) is 21.8. The topological polar surface area (TPSA) is 136 Å². The largest absolute Gasteiger partial charge is 0.466 e. The molecule has 36 heavy (non-hydrogen) atoms. The lowest BCUT2D eigenvalue weighted by atomic mass is 9.89. The fraction of sp³-hybridized carbons (Fsp3) is 0.840. The van der Waals surface area contributed by atoms with Crippen molar-refractivity contribution in [3.63, 3.8) is 0 Å².